The van der Waals surface area contributed by atoms with Crippen LogP contribution >= 0.6 is 0 Å². The highest BCUT2D eigenvalue weighted by Gasteiger charge is 2.12. The summed E-state index contributed by atoms with van der Waals surface area (Å²) in [5.74, 6) is 0. The van der Waals surface area contributed by atoms with Crippen molar-refractivity contribution in [2.75, 3.05) is 14.1 Å². The predicted octanol–water partition coefficient (Wildman–Crippen LogP) is 6.83. The van der Waals surface area contributed by atoms with Crippen LogP contribution in [0.4, 0.5) is 0 Å². The molecule has 0 aliphatic heterocycles. The molecular formula is C23H50N2. The fourth-order valence-corrected chi connectivity index (χ4v) is 3.76. The van der Waals surface area contributed by atoms with Crippen molar-refractivity contribution in [1.82, 2.24) is 10.6 Å². The van der Waals surface area contributed by atoms with E-state index in [0.717, 1.165) is 0 Å². The molecule has 2 heteroatoms. The Bertz CT molecular complexity index is 242. The molecule has 0 bridgehead atoms. The summed E-state index contributed by atoms with van der Waals surface area (Å²) in [4.78, 5) is 0. The Kier molecular flexibility index (Phi) is 20.2. The van der Waals surface area contributed by atoms with E-state index in [1.165, 1.54) is 109 Å². The number of likely N-dealkylation sites (N-methyl/N-ethyl adjacent to an activating group) is 2. The SMILES string of the molecule is CCCCCCCCCCCCCCCCCCC(NC)C(C)NC. The van der Waals surface area contributed by atoms with Crippen LogP contribution in [0.3, 0.4) is 0 Å². The van der Waals surface area contributed by atoms with E-state index < -0.39 is 0 Å². The second-order valence-corrected chi connectivity index (χ2v) is 8.06. The van der Waals surface area contributed by atoms with Gasteiger partial charge in [-0.1, -0.05) is 110 Å². The smallest absolute Gasteiger partial charge is 0.0215 e. The fourth-order valence-electron chi connectivity index (χ4n) is 3.76. The number of nitrogens with one attached hydrogen (secondary N) is 2. The van der Waals surface area contributed by atoms with Crippen LogP contribution in [0, 0.1) is 0 Å². The predicted molar refractivity (Wildman–Crippen MR) is 116 cm³/mol. The molecule has 0 aliphatic carbocycles. The number of hydrogen-bond acceptors (Lipinski definition) is 2. The van der Waals surface area contributed by atoms with E-state index in [1.54, 1.807) is 0 Å². The van der Waals surface area contributed by atoms with Gasteiger partial charge >= 0.3 is 0 Å². The maximum atomic E-state index is 3.44. The van der Waals surface area contributed by atoms with Crippen LogP contribution in [0.25, 0.3) is 0 Å². The molecule has 2 nitrogen and oxygen atoms in total. The molecule has 0 amide bonds. The van der Waals surface area contributed by atoms with E-state index in [9.17, 15) is 0 Å². The lowest BCUT2D eigenvalue weighted by Crippen LogP contribution is -2.43. The number of hydrogen-bond donors (Lipinski definition) is 2. The molecule has 25 heavy (non-hydrogen) atoms. The van der Waals surface area contributed by atoms with Gasteiger partial charge in [-0.05, 0) is 27.4 Å². The van der Waals surface area contributed by atoms with Gasteiger partial charge in [-0.3, -0.25) is 0 Å². The highest BCUT2D eigenvalue weighted by atomic mass is 15.0. The first-order valence-corrected chi connectivity index (χ1v) is 11.6. The molecule has 0 aromatic heterocycles. The van der Waals surface area contributed by atoms with E-state index in [1.807, 2.05) is 0 Å². The van der Waals surface area contributed by atoms with Crippen molar-refractivity contribution >= 4 is 0 Å². The largest absolute Gasteiger partial charge is 0.316 e. The van der Waals surface area contributed by atoms with Crippen LogP contribution in [-0.4, -0.2) is 26.2 Å². The highest BCUT2D eigenvalue weighted by Crippen LogP contribution is 2.14. The van der Waals surface area contributed by atoms with Gasteiger partial charge in [0.2, 0.25) is 0 Å². The first-order valence-electron chi connectivity index (χ1n) is 11.6. The highest BCUT2D eigenvalue weighted by molar-refractivity contribution is 4.75. The van der Waals surface area contributed by atoms with Gasteiger partial charge in [-0.15, -0.1) is 0 Å². The lowest BCUT2D eigenvalue weighted by Gasteiger charge is -2.23. The molecular weight excluding hydrogens is 304 g/mol. The fraction of sp³-hybridized carbons (Fsp3) is 1.00. The quantitative estimate of drug-likeness (QED) is 0.234. The topological polar surface area (TPSA) is 24.1 Å². The van der Waals surface area contributed by atoms with Crippen molar-refractivity contribution in [2.45, 2.75) is 135 Å². The molecule has 0 aromatic rings. The monoisotopic (exact) mass is 354 g/mol. The Labute approximate surface area is 160 Å². The molecule has 152 valence electrons. The summed E-state index contributed by atoms with van der Waals surface area (Å²) >= 11 is 0. The van der Waals surface area contributed by atoms with Crippen molar-refractivity contribution in [3.63, 3.8) is 0 Å². The molecule has 0 aliphatic rings. The van der Waals surface area contributed by atoms with Crippen LogP contribution in [-0.2, 0) is 0 Å². The summed E-state index contributed by atoms with van der Waals surface area (Å²) in [7, 11) is 4.15. The summed E-state index contributed by atoms with van der Waals surface area (Å²) in [6.45, 7) is 4.57. The Hall–Kier alpha value is -0.0800. The molecule has 0 spiro atoms. The summed E-state index contributed by atoms with van der Waals surface area (Å²) in [5.41, 5.74) is 0. The van der Waals surface area contributed by atoms with Gasteiger partial charge in [0.1, 0.15) is 0 Å². The summed E-state index contributed by atoms with van der Waals surface area (Å²) in [5, 5.41) is 6.80. The molecule has 0 rings (SSSR count). The van der Waals surface area contributed by atoms with Crippen molar-refractivity contribution in [2.24, 2.45) is 0 Å². The van der Waals surface area contributed by atoms with Gasteiger partial charge < -0.3 is 10.6 Å². The normalized spacial score (nSPS) is 13.9. The average molecular weight is 355 g/mol. The van der Waals surface area contributed by atoms with Crippen LogP contribution in [0.1, 0.15) is 123 Å². The average Bonchev–Trinajstić information content (AvgIpc) is 2.64. The molecule has 0 radical (unpaired) electrons. The van der Waals surface area contributed by atoms with Crippen LogP contribution in [0.2, 0.25) is 0 Å². The first-order chi connectivity index (χ1) is 12.3. The second kappa shape index (κ2) is 20.2. The molecule has 0 fully saturated rings. The lowest BCUT2D eigenvalue weighted by atomic mass is 10.0. The zero-order valence-corrected chi connectivity index (χ0v) is 18.2. The Morgan fingerprint density at radius 2 is 0.880 bits per heavy atom. The third-order valence-electron chi connectivity index (χ3n) is 5.80. The number of rotatable bonds is 20. The molecule has 2 N–H and O–H groups in total. The van der Waals surface area contributed by atoms with Gasteiger partial charge in [-0.25, -0.2) is 0 Å². The van der Waals surface area contributed by atoms with Gasteiger partial charge in [0.05, 0.1) is 0 Å². The van der Waals surface area contributed by atoms with E-state index >= 15 is 0 Å². The molecule has 0 saturated carbocycles. The molecule has 0 aromatic carbocycles. The summed E-state index contributed by atoms with van der Waals surface area (Å²) in [6.07, 6.45) is 24.5. The van der Waals surface area contributed by atoms with Crippen molar-refractivity contribution in [1.29, 1.82) is 0 Å². The third-order valence-corrected chi connectivity index (χ3v) is 5.80. The summed E-state index contributed by atoms with van der Waals surface area (Å²) < 4.78 is 0. The van der Waals surface area contributed by atoms with Gasteiger partial charge in [0.15, 0.2) is 0 Å². The Morgan fingerprint density at radius 1 is 0.520 bits per heavy atom. The molecule has 0 saturated heterocycles. The van der Waals surface area contributed by atoms with E-state index in [4.69, 9.17) is 0 Å². The van der Waals surface area contributed by atoms with Crippen molar-refractivity contribution in [3.8, 4) is 0 Å². The third kappa shape index (κ3) is 17.1. The van der Waals surface area contributed by atoms with Gasteiger partial charge in [-0.2, -0.15) is 0 Å². The van der Waals surface area contributed by atoms with E-state index in [-0.39, 0.29) is 0 Å². The van der Waals surface area contributed by atoms with E-state index in [2.05, 4.69) is 38.6 Å². The Balaban J connectivity index is 3.16. The molecule has 2 atom stereocenters. The minimum Gasteiger partial charge on any atom is -0.316 e. The minimum atomic E-state index is 0.571. The van der Waals surface area contributed by atoms with Crippen LogP contribution in [0.15, 0.2) is 0 Å². The standard InChI is InChI=1S/C23H50N2/c1-5-6-7-8-9-10-11-12-13-14-15-16-17-18-19-20-21-23(25-4)22(2)24-3/h22-25H,5-21H2,1-4H3. The second-order valence-electron chi connectivity index (χ2n) is 8.06. The lowest BCUT2D eigenvalue weighted by molar-refractivity contribution is 0.393. The number of unbranched alkanes of at least 4 members (excludes halogenated alkanes) is 15. The maximum Gasteiger partial charge on any atom is 0.0215 e. The van der Waals surface area contributed by atoms with Gasteiger partial charge in [0.25, 0.3) is 0 Å². The summed E-state index contributed by atoms with van der Waals surface area (Å²) in [6, 6.07) is 1.19. The van der Waals surface area contributed by atoms with Crippen LogP contribution < -0.4 is 10.6 Å². The van der Waals surface area contributed by atoms with E-state index in [0.29, 0.717) is 12.1 Å². The Morgan fingerprint density at radius 3 is 1.20 bits per heavy atom. The maximum absolute atomic E-state index is 3.44. The molecule has 2 unspecified atom stereocenters. The van der Waals surface area contributed by atoms with Gasteiger partial charge in [0, 0.05) is 12.1 Å². The zero-order chi connectivity index (χ0) is 18.6. The molecule has 0 heterocycles. The minimum absolute atomic E-state index is 0.571. The van der Waals surface area contributed by atoms with Crippen molar-refractivity contribution in [3.05, 3.63) is 0 Å². The first kappa shape index (κ1) is 24.9. The van der Waals surface area contributed by atoms with Crippen LogP contribution in [0.5, 0.6) is 0 Å². The van der Waals surface area contributed by atoms with Crippen molar-refractivity contribution < 1.29 is 0 Å². The zero-order valence-electron chi connectivity index (χ0n) is 18.2.